The monoisotopic (exact) mass is 251 g/mol. The zero-order chi connectivity index (χ0) is 9.68. The van der Waals surface area contributed by atoms with Crippen molar-refractivity contribution in [3.8, 4) is 0 Å². The van der Waals surface area contributed by atoms with Gasteiger partial charge in [0.2, 0.25) is 5.91 Å². The highest BCUT2D eigenvalue weighted by atomic mass is 35.5. The van der Waals surface area contributed by atoms with Crippen molar-refractivity contribution in [2.24, 2.45) is 5.73 Å². The third kappa shape index (κ3) is 5.57. The van der Waals surface area contributed by atoms with Crippen LogP contribution in [0.3, 0.4) is 0 Å². The van der Waals surface area contributed by atoms with Crippen LogP contribution < -0.4 is 11.1 Å². The summed E-state index contributed by atoms with van der Waals surface area (Å²) in [4.78, 5) is 15.2. The molecule has 6 heteroatoms. The van der Waals surface area contributed by atoms with Crippen molar-refractivity contribution < 1.29 is 4.79 Å². The molecule has 0 spiro atoms. The van der Waals surface area contributed by atoms with Crippen molar-refractivity contribution in [1.29, 1.82) is 0 Å². The van der Waals surface area contributed by atoms with Gasteiger partial charge in [0.1, 0.15) is 5.82 Å². The maximum atomic E-state index is 11.1. The lowest BCUT2D eigenvalue weighted by molar-refractivity contribution is -0.116. The molecule has 1 heterocycles. The standard InChI is InChI=1S/C9H13N3O.2ClH/c1-7-3-2-6-11-9(7)12-8(13)4-5-10;;/h2-3,6H,4-5,10H2,1H3,(H,11,12,13);2*1H. The highest BCUT2D eigenvalue weighted by Crippen LogP contribution is 2.08. The van der Waals surface area contributed by atoms with Gasteiger partial charge >= 0.3 is 0 Å². The Bertz CT molecular complexity index is 307. The average Bonchev–Trinajstić information content (AvgIpc) is 2.09. The van der Waals surface area contributed by atoms with Gasteiger partial charge in [-0.3, -0.25) is 4.79 Å². The summed E-state index contributed by atoms with van der Waals surface area (Å²) in [6.07, 6.45) is 1.97. The Morgan fingerprint density at radius 3 is 2.73 bits per heavy atom. The second kappa shape index (κ2) is 8.47. The number of nitrogens with one attached hydrogen (secondary N) is 1. The molecule has 0 saturated heterocycles. The molecule has 3 N–H and O–H groups in total. The number of nitrogens with zero attached hydrogens (tertiary/aromatic N) is 1. The first kappa shape index (κ1) is 16.6. The molecule has 1 amide bonds. The first-order valence-electron chi connectivity index (χ1n) is 4.15. The molecule has 15 heavy (non-hydrogen) atoms. The van der Waals surface area contributed by atoms with Gasteiger partial charge in [0.15, 0.2) is 0 Å². The van der Waals surface area contributed by atoms with Crippen LogP contribution in [-0.2, 0) is 4.79 Å². The molecular formula is C9H15Cl2N3O. The lowest BCUT2D eigenvalue weighted by atomic mass is 10.3. The minimum Gasteiger partial charge on any atom is -0.330 e. The number of pyridine rings is 1. The fourth-order valence-electron chi connectivity index (χ4n) is 0.942. The number of aromatic nitrogens is 1. The predicted octanol–water partition coefficient (Wildman–Crippen LogP) is 1.52. The number of hydrogen-bond donors (Lipinski definition) is 2. The third-order valence-corrected chi connectivity index (χ3v) is 1.64. The maximum absolute atomic E-state index is 11.1. The van der Waals surface area contributed by atoms with Gasteiger partial charge in [-0.2, -0.15) is 0 Å². The summed E-state index contributed by atoms with van der Waals surface area (Å²) in [5.74, 6) is 0.519. The second-order valence-corrected chi connectivity index (χ2v) is 2.76. The number of amides is 1. The summed E-state index contributed by atoms with van der Waals surface area (Å²) in [5, 5.41) is 2.68. The molecule has 0 bridgehead atoms. The van der Waals surface area contributed by atoms with E-state index in [-0.39, 0.29) is 30.7 Å². The minimum absolute atomic E-state index is 0. The van der Waals surface area contributed by atoms with E-state index in [2.05, 4.69) is 10.3 Å². The van der Waals surface area contributed by atoms with E-state index in [0.29, 0.717) is 18.8 Å². The Morgan fingerprint density at radius 2 is 2.20 bits per heavy atom. The highest BCUT2D eigenvalue weighted by Gasteiger charge is 2.03. The summed E-state index contributed by atoms with van der Waals surface area (Å²) in [6, 6.07) is 3.72. The Balaban J connectivity index is 0. The van der Waals surface area contributed by atoms with Gasteiger partial charge in [0.25, 0.3) is 0 Å². The molecule has 1 aromatic rings. The molecule has 86 valence electrons. The zero-order valence-electron chi connectivity index (χ0n) is 8.40. The average molecular weight is 252 g/mol. The van der Waals surface area contributed by atoms with Crippen LogP contribution in [0.4, 0.5) is 5.82 Å². The maximum Gasteiger partial charge on any atom is 0.226 e. The molecule has 0 aliphatic rings. The van der Waals surface area contributed by atoms with Crippen LogP contribution in [0, 0.1) is 6.92 Å². The van der Waals surface area contributed by atoms with Crippen LogP contribution in [0.1, 0.15) is 12.0 Å². The molecule has 0 aliphatic heterocycles. The van der Waals surface area contributed by atoms with Crippen LogP contribution >= 0.6 is 24.8 Å². The molecule has 1 rings (SSSR count). The summed E-state index contributed by atoms with van der Waals surface area (Å²) < 4.78 is 0. The Morgan fingerprint density at radius 1 is 1.53 bits per heavy atom. The van der Waals surface area contributed by atoms with Gasteiger partial charge in [-0.05, 0) is 18.6 Å². The molecule has 0 atom stereocenters. The predicted molar refractivity (Wildman–Crippen MR) is 65.8 cm³/mol. The molecule has 0 aromatic carbocycles. The van der Waals surface area contributed by atoms with E-state index < -0.39 is 0 Å². The smallest absolute Gasteiger partial charge is 0.226 e. The van der Waals surface area contributed by atoms with E-state index in [1.54, 1.807) is 6.20 Å². The van der Waals surface area contributed by atoms with Gasteiger partial charge in [0, 0.05) is 19.2 Å². The number of aryl methyl sites for hydroxylation is 1. The van der Waals surface area contributed by atoms with Crippen LogP contribution in [0.25, 0.3) is 0 Å². The molecule has 4 nitrogen and oxygen atoms in total. The van der Waals surface area contributed by atoms with Crippen molar-refractivity contribution in [1.82, 2.24) is 4.98 Å². The number of carbonyl (C=O) groups is 1. The van der Waals surface area contributed by atoms with Gasteiger partial charge in [-0.1, -0.05) is 6.07 Å². The number of carbonyl (C=O) groups excluding carboxylic acids is 1. The fourth-order valence-corrected chi connectivity index (χ4v) is 0.942. The summed E-state index contributed by atoms with van der Waals surface area (Å²) in [5.41, 5.74) is 6.19. The second-order valence-electron chi connectivity index (χ2n) is 2.76. The fraction of sp³-hybridized carbons (Fsp3) is 0.333. The van der Waals surface area contributed by atoms with Crippen LogP contribution in [0.5, 0.6) is 0 Å². The SMILES string of the molecule is Cc1cccnc1NC(=O)CCN.Cl.Cl. The molecular weight excluding hydrogens is 237 g/mol. The van der Waals surface area contributed by atoms with Crippen molar-refractivity contribution in [2.75, 3.05) is 11.9 Å². The van der Waals surface area contributed by atoms with E-state index in [1.807, 2.05) is 19.1 Å². The first-order valence-corrected chi connectivity index (χ1v) is 4.15. The molecule has 0 radical (unpaired) electrons. The van der Waals surface area contributed by atoms with Crippen molar-refractivity contribution in [2.45, 2.75) is 13.3 Å². The summed E-state index contributed by atoms with van der Waals surface area (Å²) >= 11 is 0. The van der Waals surface area contributed by atoms with Gasteiger partial charge in [-0.25, -0.2) is 4.98 Å². The largest absolute Gasteiger partial charge is 0.330 e. The van der Waals surface area contributed by atoms with Crippen molar-refractivity contribution in [3.63, 3.8) is 0 Å². The van der Waals surface area contributed by atoms with Crippen LogP contribution in [0.15, 0.2) is 18.3 Å². The minimum atomic E-state index is -0.0932. The molecule has 0 unspecified atom stereocenters. The van der Waals surface area contributed by atoms with Gasteiger partial charge in [0.05, 0.1) is 0 Å². The number of halogens is 2. The third-order valence-electron chi connectivity index (χ3n) is 1.64. The zero-order valence-corrected chi connectivity index (χ0v) is 10.0. The van der Waals surface area contributed by atoms with E-state index >= 15 is 0 Å². The van der Waals surface area contributed by atoms with Gasteiger partial charge in [-0.15, -0.1) is 24.8 Å². The van der Waals surface area contributed by atoms with Crippen LogP contribution in [-0.4, -0.2) is 17.4 Å². The number of hydrogen-bond acceptors (Lipinski definition) is 3. The quantitative estimate of drug-likeness (QED) is 0.856. The van der Waals surface area contributed by atoms with E-state index in [0.717, 1.165) is 5.56 Å². The number of anilines is 1. The van der Waals surface area contributed by atoms with E-state index in [4.69, 9.17) is 5.73 Å². The number of nitrogens with two attached hydrogens (primary N) is 1. The number of rotatable bonds is 3. The molecule has 0 fully saturated rings. The molecule has 0 aliphatic carbocycles. The van der Waals surface area contributed by atoms with E-state index in [1.165, 1.54) is 0 Å². The lowest BCUT2D eigenvalue weighted by Crippen LogP contribution is -2.17. The van der Waals surface area contributed by atoms with E-state index in [9.17, 15) is 4.79 Å². The summed E-state index contributed by atoms with van der Waals surface area (Å²) in [7, 11) is 0. The Labute approximate surface area is 101 Å². The highest BCUT2D eigenvalue weighted by molar-refractivity contribution is 5.90. The van der Waals surface area contributed by atoms with Crippen molar-refractivity contribution >= 4 is 36.5 Å². The molecule has 1 aromatic heterocycles. The van der Waals surface area contributed by atoms with Crippen LogP contribution in [0.2, 0.25) is 0 Å². The Hall–Kier alpha value is -0.840. The molecule has 0 saturated carbocycles. The Kier molecular flexibility index (Phi) is 9.36. The van der Waals surface area contributed by atoms with Crippen molar-refractivity contribution in [3.05, 3.63) is 23.9 Å². The topological polar surface area (TPSA) is 68.0 Å². The summed E-state index contributed by atoms with van der Waals surface area (Å²) in [6.45, 7) is 2.25. The first-order chi connectivity index (χ1) is 6.24. The lowest BCUT2D eigenvalue weighted by Gasteiger charge is -2.05. The normalized spacial score (nSPS) is 8.40. The van der Waals surface area contributed by atoms with Gasteiger partial charge < -0.3 is 11.1 Å².